The molecule has 1 aromatic carbocycles. The van der Waals surface area contributed by atoms with Gasteiger partial charge >= 0.3 is 0 Å². The van der Waals surface area contributed by atoms with E-state index in [1.807, 2.05) is 30.3 Å². The fourth-order valence-electron chi connectivity index (χ4n) is 3.41. The number of aromatic nitrogens is 1. The first-order valence-corrected chi connectivity index (χ1v) is 6.62. The number of hydrogen-bond acceptors (Lipinski definition) is 2. The van der Waals surface area contributed by atoms with Crippen molar-refractivity contribution in [3.8, 4) is 11.8 Å². The minimum Gasteiger partial charge on any atom is -0.494 e. The van der Waals surface area contributed by atoms with Crippen molar-refractivity contribution in [2.45, 2.75) is 24.8 Å². The Morgan fingerprint density at radius 3 is 2.11 bits per heavy atom. The second-order valence-electron chi connectivity index (χ2n) is 5.38. The molecule has 0 aliphatic heterocycles. The van der Waals surface area contributed by atoms with Gasteiger partial charge < -0.3 is 10.2 Å². The highest BCUT2D eigenvalue weighted by atomic mass is 16.3. The van der Waals surface area contributed by atoms with E-state index in [1.54, 1.807) is 4.57 Å². The molecule has 0 amide bonds. The van der Waals surface area contributed by atoms with E-state index < -0.39 is 0 Å². The molecule has 3 nitrogen and oxygen atoms in total. The molecule has 2 unspecified atom stereocenters. The molecule has 2 atom stereocenters. The molecule has 2 aromatic rings. The quantitative estimate of drug-likeness (QED) is 0.808. The summed E-state index contributed by atoms with van der Waals surface area (Å²) in [5, 5.41) is 20.8. The summed E-state index contributed by atoms with van der Waals surface area (Å²) < 4.78 is 1.62. The highest BCUT2D eigenvalue weighted by molar-refractivity contribution is 5.58. The van der Waals surface area contributed by atoms with Gasteiger partial charge in [-0.2, -0.15) is 0 Å². The minimum atomic E-state index is 0.230. The lowest BCUT2D eigenvalue weighted by molar-refractivity contribution is 0.370. The third-order valence-corrected chi connectivity index (χ3v) is 4.29. The largest absolute Gasteiger partial charge is 0.494 e. The third-order valence-electron chi connectivity index (χ3n) is 4.29. The highest BCUT2D eigenvalue weighted by Gasteiger charge is 2.40. The van der Waals surface area contributed by atoms with Gasteiger partial charge in [0.25, 0.3) is 0 Å². The zero-order chi connectivity index (χ0) is 13.0. The van der Waals surface area contributed by atoms with Crippen LogP contribution in [0.15, 0.2) is 42.5 Å². The number of fused-ring (bicyclic) bond motifs is 5. The number of aromatic hydroxyl groups is 2. The maximum Gasteiger partial charge on any atom is 0.198 e. The maximum atomic E-state index is 10.4. The number of nitrogens with zero attached hydrogens (tertiary/aromatic N) is 1. The molecule has 0 saturated carbocycles. The van der Waals surface area contributed by atoms with Crippen LogP contribution in [0.2, 0.25) is 0 Å². The van der Waals surface area contributed by atoms with Crippen molar-refractivity contribution in [3.05, 3.63) is 59.2 Å². The van der Waals surface area contributed by atoms with E-state index in [4.69, 9.17) is 0 Å². The maximum absolute atomic E-state index is 10.4. The smallest absolute Gasteiger partial charge is 0.198 e. The molecule has 0 saturated heterocycles. The van der Waals surface area contributed by atoms with E-state index >= 15 is 0 Å². The van der Waals surface area contributed by atoms with Crippen molar-refractivity contribution >= 4 is 0 Å². The van der Waals surface area contributed by atoms with Crippen molar-refractivity contribution in [1.82, 2.24) is 4.57 Å². The first kappa shape index (κ1) is 10.7. The van der Waals surface area contributed by atoms with E-state index in [9.17, 15) is 10.2 Å². The van der Waals surface area contributed by atoms with Gasteiger partial charge in [-0.3, -0.25) is 4.57 Å². The van der Waals surface area contributed by atoms with Crippen molar-refractivity contribution in [1.29, 1.82) is 0 Å². The molecule has 2 aliphatic carbocycles. The molecule has 1 aromatic heterocycles. The van der Waals surface area contributed by atoms with Crippen LogP contribution in [0, 0.1) is 0 Å². The highest BCUT2D eigenvalue weighted by Crippen LogP contribution is 2.56. The SMILES string of the molecule is Oc1c2c(c(O)n1Cc1ccccc1)C1C=CC2C1. The Labute approximate surface area is 111 Å². The van der Waals surface area contributed by atoms with Crippen LogP contribution in [0.4, 0.5) is 0 Å². The second-order valence-corrected chi connectivity index (χ2v) is 5.38. The number of hydrogen-bond donors (Lipinski definition) is 2. The van der Waals surface area contributed by atoms with Gasteiger partial charge in [0, 0.05) is 23.0 Å². The first-order valence-electron chi connectivity index (χ1n) is 6.62. The zero-order valence-electron chi connectivity index (χ0n) is 10.5. The van der Waals surface area contributed by atoms with Crippen molar-refractivity contribution in [2.24, 2.45) is 0 Å². The van der Waals surface area contributed by atoms with Crippen molar-refractivity contribution in [3.63, 3.8) is 0 Å². The fraction of sp³-hybridized carbons (Fsp3) is 0.250. The van der Waals surface area contributed by atoms with E-state index in [0.29, 0.717) is 6.54 Å². The molecule has 96 valence electrons. The summed E-state index contributed by atoms with van der Waals surface area (Å²) >= 11 is 0. The molecule has 3 heteroatoms. The van der Waals surface area contributed by atoms with E-state index in [-0.39, 0.29) is 23.6 Å². The molecule has 0 fully saturated rings. The summed E-state index contributed by atoms with van der Waals surface area (Å²) in [6.07, 6.45) is 5.27. The Bertz CT molecular complexity index is 634. The van der Waals surface area contributed by atoms with Crippen LogP contribution in [0.3, 0.4) is 0 Å². The lowest BCUT2D eigenvalue weighted by Crippen LogP contribution is -2.00. The Balaban J connectivity index is 1.79. The molecule has 0 radical (unpaired) electrons. The average Bonchev–Trinajstić information content (AvgIpc) is 3.10. The monoisotopic (exact) mass is 253 g/mol. The van der Waals surface area contributed by atoms with Crippen LogP contribution >= 0.6 is 0 Å². The fourth-order valence-corrected chi connectivity index (χ4v) is 3.41. The van der Waals surface area contributed by atoms with Gasteiger partial charge in [0.05, 0.1) is 6.54 Å². The summed E-state index contributed by atoms with van der Waals surface area (Å²) in [6.45, 7) is 0.505. The van der Waals surface area contributed by atoms with Gasteiger partial charge in [-0.15, -0.1) is 0 Å². The number of benzene rings is 1. The number of allylic oxidation sites excluding steroid dienone is 2. The predicted octanol–water partition coefficient (Wildman–Crippen LogP) is 3.09. The second kappa shape index (κ2) is 3.67. The summed E-state index contributed by atoms with van der Waals surface area (Å²) in [7, 11) is 0. The third kappa shape index (κ3) is 1.38. The Morgan fingerprint density at radius 2 is 1.53 bits per heavy atom. The minimum absolute atomic E-state index is 0.230. The van der Waals surface area contributed by atoms with Crippen LogP contribution in [-0.4, -0.2) is 14.8 Å². The van der Waals surface area contributed by atoms with E-state index in [1.165, 1.54) is 0 Å². The average molecular weight is 253 g/mol. The molecule has 2 bridgehead atoms. The van der Waals surface area contributed by atoms with Crippen molar-refractivity contribution in [2.75, 3.05) is 0 Å². The lowest BCUT2D eigenvalue weighted by atomic mass is 10.0. The molecule has 2 aliphatic rings. The molecule has 4 rings (SSSR count). The van der Waals surface area contributed by atoms with E-state index in [0.717, 1.165) is 23.1 Å². The van der Waals surface area contributed by atoms with E-state index in [2.05, 4.69) is 12.2 Å². The topological polar surface area (TPSA) is 45.4 Å². The summed E-state index contributed by atoms with van der Waals surface area (Å²) in [4.78, 5) is 0. The summed E-state index contributed by atoms with van der Waals surface area (Å²) in [5.41, 5.74) is 2.93. The van der Waals surface area contributed by atoms with Gasteiger partial charge in [-0.1, -0.05) is 42.5 Å². The molecule has 2 N–H and O–H groups in total. The zero-order valence-corrected chi connectivity index (χ0v) is 10.5. The van der Waals surface area contributed by atoms with Gasteiger partial charge in [0.2, 0.25) is 0 Å². The molecular weight excluding hydrogens is 238 g/mol. The van der Waals surface area contributed by atoms with Gasteiger partial charge in [0.15, 0.2) is 11.8 Å². The van der Waals surface area contributed by atoms with Gasteiger partial charge in [0.1, 0.15) is 0 Å². The predicted molar refractivity (Wildman–Crippen MR) is 72.5 cm³/mol. The van der Waals surface area contributed by atoms with Crippen LogP contribution in [0.25, 0.3) is 0 Å². The lowest BCUT2D eigenvalue weighted by Gasteiger charge is -2.09. The molecule has 1 heterocycles. The van der Waals surface area contributed by atoms with Crippen molar-refractivity contribution < 1.29 is 10.2 Å². The van der Waals surface area contributed by atoms with Gasteiger partial charge in [-0.05, 0) is 12.0 Å². The Hall–Kier alpha value is -2.16. The van der Waals surface area contributed by atoms with Crippen LogP contribution < -0.4 is 0 Å². The first-order chi connectivity index (χ1) is 9.25. The number of rotatable bonds is 2. The standard InChI is InChI=1S/C16H15NO2/c18-15-13-11-6-7-12(8-11)14(13)16(19)17(15)9-10-4-2-1-3-5-10/h1-7,11-12,18-19H,8-9H2. The van der Waals surface area contributed by atoms with Crippen LogP contribution in [-0.2, 0) is 6.54 Å². The Kier molecular flexibility index (Phi) is 2.07. The molecule has 0 spiro atoms. The van der Waals surface area contributed by atoms with Crippen LogP contribution in [0.1, 0.15) is 34.9 Å². The molecular formula is C16H15NO2. The molecule has 19 heavy (non-hydrogen) atoms. The summed E-state index contributed by atoms with van der Waals surface area (Å²) in [6, 6.07) is 9.88. The normalized spacial score (nSPS) is 22.9. The Morgan fingerprint density at radius 1 is 0.947 bits per heavy atom. The van der Waals surface area contributed by atoms with Gasteiger partial charge in [-0.25, -0.2) is 0 Å². The summed E-state index contributed by atoms with van der Waals surface area (Å²) in [5.74, 6) is 1.02. The van der Waals surface area contributed by atoms with Crippen LogP contribution in [0.5, 0.6) is 11.8 Å².